The van der Waals surface area contributed by atoms with Crippen molar-refractivity contribution in [3.05, 3.63) is 30.1 Å². The van der Waals surface area contributed by atoms with E-state index in [0.29, 0.717) is 11.7 Å². The number of hydrogen-bond donors (Lipinski definition) is 2. The second-order valence-electron chi connectivity index (χ2n) is 4.48. The van der Waals surface area contributed by atoms with Gasteiger partial charge in [-0.25, -0.2) is 4.39 Å². The summed E-state index contributed by atoms with van der Waals surface area (Å²) in [7, 11) is 0. The van der Waals surface area contributed by atoms with Gasteiger partial charge < -0.3 is 10.6 Å². The highest BCUT2D eigenvalue weighted by atomic mass is 19.1. The first kappa shape index (κ1) is 14.6. The third-order valence-electron chi connectivity index (χ3n) is 2.73. The summed E-state index contributed by atoms with van der Waals surface area (Å²) in [6.45, 7) is 4.50. The molecule has 1 aromatic rings. The van der Waals surface area contributed by atoms with Crippen molar-refractivity contribution in [3.63, 3.8) is 0 Å². The number of rotatable bonds is 7. The number of halogens is 1. The van der Waals surface area contributed by atoms with E-state index < -0.39 is 0 Å². The van der Waals surface area contributed by atoms with E-state index in [4.69, 9.17) is 0 Å². The van der Waals surface area contributed by atoms with E-state index >= 15 is 0 Å². The predicted molar refractivity (Wildman–Crippen MR) is 72.0 cm³/mol. The summed E-state index contributed by atoms with van der Waals surface area (Å²) in [5, 5.41) is 5.88. The molecule has 1 atom stereocenters. The molecule has 0 aromatic heterocycles. The van der Waals surface area contributed by atoms with Crippen LogP contribution >= 0.6 is 0 Å². The number of anilines is 1. The molecule has 1 aromatic carbocycles. The summed E-state index contributed by atoms with van der Waals surface area (Å²) >= 11 is 0. The molecule has 0 fully saturated rings. The third-order valence-corrected chi connectivity index (χ3v) is 2.73. The Bertz CT molecular complexity index is 365. The van der Waals surface area contributed by atoms with Crippen LogP contribution < -0.4 is 10.6 Å². The highest BCUT2D eigenvalue weighted by molar-refractivity contribution is 5.92. The summed E-state index contributed by atoms with van der Waals surface area (Å²) in [4.78, 5) is 11.6. The van der Waals surface area contributed by atoms with Crippen molar-refractivity contribution in [2.24, 2.45) is 0 Å². The minimum atomic E-state index is -0.306. The zero-order valence-electron chi connectivity index (χ0n) is 11.0. The summed E-state index contributed by atoms with van der Waals surface area (Å²) in [5.74, 6) is -0.413. The Hall–Kier alpha value is -1.42. The second kappa shape index (κ2) is 7.82. The van der Waals surface area contributed by atoms with E-state index in [-0.39, 0.29) is 18.3 Å². The Labute approximate surface area is 108 Å². The van der Waals surface area contributed by atoms with Crippen molar-refractivity contribution in [2.75, 3.05) is 11.9 Å². The van der Waals surface area contributed by atoms with Crippen LogP contribution in [-0.2, 0) is 4.79 Å². The molecular weight excluding hydrogens is 231 g/mol. The molecule has 1 unspecified atom stereocenters. The van der Waals surface area contributed by atoms with Gasteiger partial charge in [-0.05, 0) is 37.6 Å². The molecule has 1 rings (SSSR count). The van der Waals surface area contributed by atoms with E-state index in [0.717, 1.165) is 19.3 Å². The number of carbonyl (C=O) groups excluding carboxylic acids is 1. The first-order chi connectivity index (χ1) is 8.61. The van der Waals surface area contributed by atoms with Crippen LogP contribution in [0.1, 0.15) is 33.1 Å². The summed E-state index contributed by atoms with van der Waals surface area (Å²) < 4.78 is 12.7. The number of amides is 1. The van der Waals surface area contributed by atoms with Crippen molar-refractivity contribution in [1.29, 1.82) is 0 Å². The minimum absolute atomic E-state index is 0.107. The van der Waals surface area contributed by atoms with Crippen LogP contribution in [0.2, 0.25) is 0 Å². The zero-order chi connectivity index (χ0) is 13.4. The van der Waals surface area contributed by atoms with Gasteiger partial charge in [-0.1, -0.05) is 19.8 Å². The second-order valence-corrected chi connectivity index (χ2v) is 4.48. The van der Waals surface area contributed by atoms with Gasteiger partial charge in [-0.3, -0.25) is 4.79 Å². The van der Waals surface area contributed by atoms with Gasteiger partial charge in [0.25, 0.3) is 0 Å². The molecule has 3 nitrogen and oxygen atoms in total. The Kier molecular flexibility index (Phi) is 6.36. The van der Waals surface area contributed by atoms with Crippen LogP contribution in [0.5, 0.6) is 0 Å². The van der Waals surface area contributed by atoms with Crippen LogP contribution in [0.25, 0.3) is 0 Å². The predicted octanol–water partition coefficient (Wildman–Crippen LogP) is 2.93. The fraction of sp³-hybridized carbons (Fsp3) is 0.500. The largest absolute Gasteiger partial charge is 0.325 e. The van der Waals surface area contributed by atoms with Crippen LogP contribution in [0, 0.1) is 5.82 Å². The fourth-order valence-corrected chi connectivity index (χ4v) is 1.62. The number of carbonyl (C=O) groups is 1. The Morgan fingerprint density at radius 2 is 2.00 bits per heavy atom. The van der Waals surface area contributed by atoms with E-state index in [1.807, 2.05) is 0 Å². The van der Waals surface area contributed by atoms with E-state index in [9.17, 15) is 9.18 Å². The first-order valence-electron chi connectivity index (χ1n) is 6.40. The van der Waals surface area contributed by atoms with Gasteiger partial charge in [-0.15, -0.1) is 0 Å². The molecule has 100 valence electrons. The van der Waals surface area contributed by atoms with E-state index in [2.05, 4.69) is 24.5 Å². The molecule has 2 N–H and O–H groups in total. The number of nitrogens with one attached hydrogen (secondary N) is 2. The number of benzene rings is 1. The van der Waals surface area contributed by atoms with E-state index in [1.165, 1.54) is 12.1 Å². The van der Waals surface area contributed by atoms with Gasteiger partial charge in [0.05, 0.1) is 6.54 Å². The molecule has 0 aliphatic heterocycles. The SMILES string of the molecule is CCCCC(C)NCC(=O)Nc1ccc(F)cc1. The molecule has 18 heavy (non-hydrogen) atoms. The van der Waals surface area contributed by atoms with E-state index in [1.54, 1.807) is 12.1 Å². The van der Waals surface area contributed by atoms with Crippen LogP contribution in [-0.4, -0.2) is 18.5 Å². The van der Waals surface area contributed by atoms with Crippen LogP contribution in [0.3, 0.4) is 0 Å². The van der Waals surface area contributed by atoms with Gasteiger partial charge >= 0.3 is 0 Å². The average molecular weight is 252 g/mol. The number of hydrogen-bond acceptors (Lipinski definition) is 2. The van der Waals surface area contributed by atoms with Gasteiger partial charge in [0.2, 0.25) is 5.91 Å². The van der Waals surface area contributed by atoms with Gasteiger partial charge in [-0.2, -0.15) is 0 Å². The highest BCUT2D eigenvalue weighted by Gasteiger charge is 2.05. The molecule has 0 bridgehead atoms. The summed E-state index contributed by atoms with van der Waals surface area (Å²) in [6.07, 6.45) is 3.39. The monoisotopic (exact) mass is 252 g/mol. The Morgan fingerprint density at radius 3 is 2.61 bits per heavy atom. The Balaban J connectivity index is 2.27. The lowest BCUT2D eigenvalue weighted by Crippen LogP contribution is -2.34. The van der Waals surface area contributed by atoms with Crippen molar-refractivity contribution < 1.29 is 9.18 Å². The maximum absolute atomic E-state index is 12.7. The molecule has 0 heterocycles. The average Bonchev–Trinajstić information content (AvgIpc) is 2.36. The van der Waals surface area contributed by atoms with Crippen molar-refractivity contribution in [3.8, 4) is 0 Å². The third kappa shape index (κ3) is 5.77. The molecule has 0 saturated carbocycles. The quantitative estimate of drug-likeness (QED) is 0.783. The molecule has 4 heteroatoms. The van der Waals surface area contributed by atoms with Crippen molar-refractivity contribution in [2.45, 2.75) is 39.2 Å². The first-order valence-corrected chi connectivity index (χ1v) is 6.40. The molecule has 0 aliphatic carbocycles. The van der Waals surface area contributed by atoms with Crippen molar-refractivity contribution in [1.82, 2.24) is 5.32 Å². The highest BCUT2D eigenvalue weighted by Crippen LogP contribution is 2.07. The molecule has 0 aliphatic rings. The van der Waals surface area contributed by atoms with Crippen LogP contribution in [0.4, 0.5) is 10.1 Å². The molecule has 0 saturated heterocycles. The topological polar surface area (TPSA) is 41.1 Å². The van der Waals surface area contributed by atoms with Crippen molar-refractivity contribution >= 4 is 11.6 Å². The standard InChI is InChI=1S/C14H21FN2O/c1-3-4-5-11(2)16-10-14(18)17-13-8-6-12(15)7-9-13/h6-9,11,16H,3-5,10H2,1-2H3,(H,17,18). The lowest BCUT2D eigenvalue weighted by atomic mass is 10.1. The maximum atomic E-state index is 12.7. The Morgan fingerprint density at radius 1 is 1.33 bits per heavy atom. The van der Waals surface area contributed by atoms with Gasteiger partial charge in [0.1, 0.15) is 5.82 Å². The lowest BCUT2D eigenvalue weighted by Gasteiger charge is -2.13. The summed E-state index contributed by atoms with van der Waals surface area (Å²) in [5.41, 5.74) is 0.615. The maximum Gasteiger partial charge on any atom is 0.238 e. The zero-order valence-corrected chi connectivity index (χ0v) is 11.0. The minimum Gasteiger partial charge on any atom is -0.325 e. The summed E-state index contributed by atoms with van der Waals surface area (Å²) in [6, 6.07) is 6.09. The smallest absolute Gasteiger partial charge is 0.238 e. The number of unbranched alkanes of at least 4 members (excludes halogenated alkanes) is 1. The lowest BCUT2D eigenvalue weighted by molar-refractivity contribution is -0.115. The van der Waals surface area contributed by atoms with Crippen LogP contribution in [0.15, 0.2) is 24.3 Å². The molecule has 0 spiro atoms. The van der Waals surface area contributed by atoms with Gasteiger partial charge in [0, 0.05) is 11.7 Å². The molecule has 1 amide bonds. The van der Waals surface area contributed by atoms with Gasteiger partial charge in [0.15, 0.2) is 0 Å². The normalized spacial score (nSPS) is 12.2. The molecular formula is C14H21FN2O. The fourth-order valence-electron chi connectivity index (χ4n) is 1.62. The molecule has 0 radical (unpaired) electrons.